The third kappa shape index (κ3) is 3.83. The van der Waals surface area contributed by atoms with Crippen molar-refractivity contribution in [2.45, 2.75) is 18.2 Å². The van der Waals surface area contributed by atoms with E-state index in [9.17, 15) is 13.2 Å². The molecule has 2 aromatic rings. The highest BCUT2D eigenvalue weighted by molar-refractivity contribution is 7.90. The molecule has 2 N–H and O–H groups in total. The van der Waals surface area contributed by atoms with Crippen LogP contribution in [0.4, 0.5) is 5.13 Å². The van der Waals surface area contributed by atoms with Gasteiger partial charge in [0, 0.05) is 17.6 Å². The fourth-order valence-electron chi connectivity index (χ4n) is 1.92. The van der Waals surface area contributed by atoms with Crippen LogP contribution in [0.3, 0.4) is 0 Å². The fourth-order valence-corrected chi connectivity index (χ4v) is 3.47. The van der Waals surface area contributed by atoms with Gasteiger partial charge in [-0.3, -0.25) is 0 Å². The first-order valence-electron chi connectivity index (χ1n) is 6.52. The summed E-state index contributed by atoms with van der Waals surface area (Å²) < 4.78 is 28.1. The zero-order chi connectivity index (χ0) is 16.3. The normalized spacial score (nSPS) is 11.4. The third-order valence-corrected chi connectivity index (χ3v) is 4.87. The van der Waals surface area contributed by atoms with E-state index in [1.165, 1.54) is 17.4 Å². The summed E-state index contributed by atoms with van der Waals surface area (Å²) in [5.74, 6) is -0.523. The second kappa shape index (κ2) is 6.45. The molecule has 2 rings (SSSR count). The molecule has 0 saturated heterocycles. The minimum atomic E-state index is -3.28. The highest BCUT2D eigenvalue weighted by Gasteiger charge is 2.19. The molecule has 0 aliphatic carbocycles. The zero-order valence-corrected chi connectivity index (χ0v) is 13.8. The van der Waals surface area contributed by atoms with Crippen LogP contribution in [0, 0.1) is 0 Å². The van der Waals surface area contributed by atoms with Crippen molar-refractivity contribution >= 4 is 32.3 Å². The van der Waals surface area contributed by atoms with Gasteiger partial charge in [0.05, 0.1) is 11.5 Å². The molecule has 22 heavy (non-hydrogen) atoms. The number of hydrogen-bond acceptors (Lipinski definition) is 7. The standard InChI is InChI=1S/C14H16N2O4S2/c1-3-20-13(17)12-11(21-14(15)16-12)8-9-5-4-6-10(7-9)22(2,18)19/h4-7H,3,8H2,1-2H3,(H2,15,16). The first-order chi connectivity index (χ1) is 10.3. The Hall–Kier alpha value is -1.93. The number of sulfone groups is 1. The fraction of sp³-hybridized carbons (Fsp3) is 0.286. The molecule has 0 aliphatic heterocycles. The van der Waals surface area contributed by atoms with E-state index in [1.54, 1.807) is 25.1 Å². The minimum absolute atomic E-state index is 0.189. The van der Waals surface area contributed by atoms with Gasteiger partial charge in [0.15, 0.2) is 20.7 Å². The molecular weight excluding hydrogens is 324 g/mol. The van der Waals surface area contributed by atoms with E-state index >= 15 is 0 Å². The molecular formula is C14H16N2O4S2. The summed E-state index contributed by atoms with van der Waals surface area (Å²) in [4.78, 5) is 16.8. The molecule has 8 heteroatoms. The smallest absolute Gasteiger partial charge is 0.358 e. The minimum Gasteiger partial charge on any atom is -0.461 e. The summed E-state index contributed by atoms with van der Waals surface area (Å²) >= 11 is 1.19. The lowest BCUT2D eigenvalue weighted by Crippen LogP contribution is -2.08. The Kier molecular flexibility index (Phi) is 4.82. The van der Waals surface area contributed by atoms with Crippen LogP contribution in [0.15, 0.2) is 29.2 Å². The second-order valence-electron chi connectivity index (χ2n) is 4.64. The molecule has 0 atom stereocenters. The molecule has 0 unspecified atom stereocenters. The van der Waals surface area contributed by atoms with Gasteiger partial charge >= 0.3 is 5.97 Å². The molecule has 0 saturated carbocycles. The number of anilines is 1. The summed E-state index contributed by atoms with van der Waals surface area (Å²) in [6.07, 6.45) is 1.52. The van der Waals surface area contributed by atoms with E-state index in [0.717, 1.165) is 11.8 Å². The summed E-state index contributed by atoms with van der Waals surface area (Å²) in [6.45, 7) is 1.96. The van der Waals surface area contributed by atoms with Crippen LogP contribution in [-0.4, -0.2) is 32.2 Å². The Balaban J connectivity index is 2.34. The number of nitrogens with zero attached hydrogens (tertiary/aromatic N) is 1. The van der Waals surface area contributed by atoms with Crippen molar-refractivity contribution in [2.75, 3.05) is 18.6 Å². The van der Waals surface area contributed by atoms with Gasteiger partial charge in [-0.1, -0.05) is 12.1 Å². The van der Waals surface area contributed by atoms with Crippen molar-refractivity contribution < 1.29 is 17.9 Å². The Morgan fingerprint density at radius 3 is 2.77 bits per heavy atom. The molecule has 0 amide bonds. The highest BCUT2D eigenvalue weighted by atomic mass is 32.2. The van der Waals surface area contributed by atoms with Crippen molar-refractivity contribution in [3.8, 4) is 0 Å². The predicted octanol–water partition coefficient (Wildman–Crippen LogP) is 1.90. The second-order valence-corrected chi connectivity index (χ2v) is 7.77. The number of aromatic nitrogens is 1. The molecule has 118 valence electrons. The van der Waals surface area contributed by atoms with Gasteiger partial charge in [0.1, 0.15) is 0 Å². The molecule has 0 radical (unpaired) electrons. The maximum Gasteiger partial charge on any atom is 0.358 e. The van der Waals surface area contributed by atoms with Crippen LogP contribution >= 0.6 is 11.3 Å². The number of ether oxygens (including phenoxy) is 1. The number of esters is 1. The van der Waals surface area contributed by atoms with Crippen molar-refractivity contribution in [3.05, 3.63) is 40.4 Å². The molecule has 0 aliphatic rings. The zero-order valence-electron chi connectivity index (χ0n) is 12.2. The molecule has 1 aromatic carbocycles. The largest absolute Gasteiger partial charge is 0.461 e. The average molecular weight is 340 g/mol. The van der Waals surface area contributed by atoms with E-state index in [1.807, 2.05) is 0 Å². The lowest BCUT2D eigenvalue weighted by atomic mass is 10.1. The molecule has 6 nitrogen and oxygen atoms in total. The van der Waals surface area contributed by atoms with Gasteiger partial charge in [0.25, 0.3) is 0 Å². The number of benzene rings is 1. The summed E-state index contributed by atoms with van der Waals surface area (Å²) in [7, 11) is -3.28. The van der Waals surface area contributed by atoms with E-state index in [4.69, 9.17) is 10.5 Å². The van der Waals surface area contributed by atoms with Crippen LogP contribution in [0.1, 0.15) is 27.9 Å². The predicted molar refractivity (Wildman–Crippen MR) is 84.8 cm³/mol. The van der Waals surface area contributed by atoms with Crippen LogP contribution in [0.2, 0.25) is 0 Å². The SMILES string of the molecule is CCOC(=O)c1nc(N)sc1Cc1cccc(S(C)(=O)=O)c1. The van der Waals surface area contributed by atoms with E-state index < -0.39 is 15.8 Å². The van der Waals surface area contributed by atoms with Crippen LogP contribution < -0.4 is 5.73 Å². The lowest BCUT2D eigenvalue weighted by molar-refractivity contribution is 0.0519. The summed E-state index contributed by atoms with van der Waals surface area (Å²) in [5, 5.41) is 0.275. The van der Waals surface area contributed by atoms with Gasteiger partial charge < -0.3 is 10.5 Å². The van der Waals surface area contributed by atoms with Gasteiger partial charge in [-0.15, -0.1) is 11.3 Å². The Morgan fingerprint density at radius 2 is 2.14 bits per heavy atom. The van der Waals surface area contributed by atoms with Crippen molar-refractivity contribution in [3.63, 3.8) is 0 Å². The lowest BCUT2D eigenvalue weighted by Gasteiger charge is -2.04. The average Bonchev–Trinajstić information content (AvgIpc) is 2.79. The monoisotopic (exact) mass is 340 g/mol. The van der Waals surface area contributed by atoms with E-state index in [0.29, 0.717) is 11.3 Å². The maximum atomic E-state index is 11.9. The topological polar surface area (TPSA) is 99.3 Å². The van der Waals surface area contributed by atoms with Crippen molar-refractivity contribution in [1.29, 1.82) is 0 Å². The maximum absolute atomic E-state index is 11.9. The first-order valence-corrected chi connectivity index (χ1v) is 9.23. The number of thiazole rings is 1. The van der Waals surface area contributed by atoms with Crippen molar-refractivity contribution in [2.24, 2.45) is 0 Å². The van der Waals surface area contributed by atoms with Crippen LogP contribution in [-0.2, 0) is 21.0 Å². The molecule has 0 spiro atoms. The summed E-state index contributed by atoms with van der Waals surface area (Å²) in [5.41, 5.74) is 6.62. The van der Waals surface area contributed by atoms with Crippen LogP contribution in [0.25, 0.3) is 0 Å². The molecule has 0 bridgehead atoms. The van der Waals surface area contributed by atoms with E-state index in [-0.39, 0.29) is 22.3 Å². The Morgan fingerprint density at radius 1 is 1.41 bits per heavy atom. The highest BCUT2D eigenvalue weighted by Crippen LogP contribution is 2.25. The number of carbonyl (C=O) groups excluding carboxylic acids is 1. The Labute approximate surface area is 132 Å². The van der Waals surface area contributed by atoms with Gasteiger partial charge in [-0.25, -0.2) is 18.2 Å². The van der Waals surface area contributed by atoms with Gasteiger partial charge in [-0.2, -0.15) is 0 Å². The van der Waals surface area contributed by atoms with Gasteiger partial charge in [0.2, 0.25) is 0 Å². The number of hydrogen-bond donors (Lipinski definition) is 1. The number of nitrogen functional groups attached to an aromatic ring is 1. The van der Waals surface area contributed by atoms with E-state index in [2.05, 4.69) is 4.98 Å². The Bertz CT molecular complexity index is 797. The van der Waals surface area contributed by atoms with Gasteiger partial charge in [-0.05, 0) is 24.6 Å². The van der Waals surface area contributed by atoms with Crippen LogP contribution in [0.5, 0.6) is 0 Å². The number of rotatable bonds is 5. The molecule has 1 aromatic heterocycles. The molecule has 1 heterocycles. The molecule has 0 fully saturated rings. The quantitative estimate of drug-likeness (QED) is 0.835. The number of nitrogens with two attached hydrogens (primary N) is 1. The third-order valence-electron chi connectivity index (χ3n) is 2.87. The first kappa shape index (κ1) is 16.4. The number of carbonyl (C=O) groups is 1. The van der Waals surface area contributed by atoms with Crippen molar-refractivity contribution in [1.82, 2.24) is 4.98 Å². The summed E-state index contributed by atoms with van der Waals surface area (Å²) in [6, 6.07) is 6.58.